The molecule has 2 N–H and O–H groups in total. The maximum absolute atomic E-state index is 13.5. The fourth-order valence-corrected chi connectivity index (χ4v) is 1.98. The zero-order valence-electron chi connectivity index (χ0n) is 10.4. The van der Waals surface area contributed by atoms with Gasteiger partial charge in [-0.25, -0.2) is 9.37 Å². The monoisotopic (exact) mass is 364 g/mol. The molecule has 2 rings (SSSR count). The Morgan fingerprint density at radius 1 is 1.29 bits per heavy atom. The van der Waals surface area contributed by atoms with Crippen LogP contribution in [0.25, 0.3) is 0 Å². The SMILES string of the molecule is NCc1c(F)cccc1Oc1ncc(Br)cc1C(F)(F)F. The van der Waals surface area contributed by atoms with Gasteiger partial charge in [-0.1, -0.05) is 6.07 Å². The molecule has 21 heavy (non-hydrogen) atoms. The third-order valence-electron chi connectivity index (χ3n) is 2.61. The molecular weight excluding hydrogens is 356 g/mol. The average Bonchev–Trinajstić information content (AvgIpc) is 2.40. The molecule has 0 amide bonds. The molecule has 0 unspecified atom stereocenters. The smallest absolute Gasteiger partial charge is 0.421 e. The van der Waals surface area contributed by atoms with Crippen LogP contribution in [-0.4, -0.2) is 4.98 Å². The van der Waals surface area contributed by atoms with Gasteiger partial charge in [-0.05, 0) is 34.1 Å². The summed E-state index contributed by atoms with van der Waals surface area (Å²) in [6, 6.07) is 4.63. The second-order valence-electron chi connectivity index (χ2n) is 4.03. The molecule has 1 aromatic heterocycles. The molecule has 0 spiro atoms. The highest BCUT2D eigenvalue weighted by Crippen LogP contribution is 2.38. The second kappa shape index (κ2) is 5.98. The number of aromatic nitrogens is 1. The van der Waals surface area contributed by atoms with Gasteiger partial charge in [0.1, 0.15) is 17.1 Å². The first-order valence-corrected chi connectivity index (χ1v) is 6.50. The van der Waals surface area contributed by atoms with Crippen LogP contribution in [-0.2, 0) is 12.7 Å². The molecule has 0 aliphatic rings. The lowest BCUT2D eigenvalue weighted by Gasteiger charge is -2.14. The van der Waals surface area contributed by atoms with E-state index in [1.165, 1.54) is 12.1 Å². The number of hydrogen-bond donors (Lipinski definition) is 1. The summed E-state index contributed by atoms with van der Waals surface area (Å²) in [7, 11) is 0. The van der Waals surface area contributed by atoms with Crippen molar-refractivity contribution >= 4 is 15.9 Å². The zero-order chi connectivity index (χ0) is 15.6. The third-order valence-corrected chi connectivity index (χ3v) is 3.04. The topological polar surface area (TPSA) is 48.1 Å². The van der Waals surface area contributed by atoms with E-state index < -0.39 is 23.4 Å². The van der Waals surface area contributed by atoms with Crippen molar-refractivity contribution < 1.29 is 22.3 Å². The number of ether oxygens (including phenoxy) is 1. The van der Waals surface area contributed by atoms with Crippen LogP contribution in [0.5, 0.6) is 11.6 Å². The van der Waals surface area contributed by atoms with Crippen LogP contribution in [0.2, 0.25) is 0 Å². The van der Waals surface area contributed by atoms with Gasteiger partial charge >= 0.3 is 6.18 Å². The number of benzene rings is 1. The summed E-state index contributed by atoms with van der Waals surface area (Å²) in [5.74, 6) is -1.41. The lowest BCUT2D eigenvalue weighted by atomic mass is 10.2. The zero-order valence-corrected chi connectivity index (χ0v) is 12.0. The van der Waals surface area contributed by atoms with Crippen LogP contribution in [0, 0.1) is 5.82 Å². The average molecular weight is 365 g/mol. The number of hydrogen-bond acceptors (Lipinski definition) is 3. The molecular formula is C13H9BrF4N2O. The predicted molar refractivity (Wildman–Crippen MR) is 71.3 cm³/mol. The first kappa shape index (κ1) is 15.7. The molecule has 0 saturated heterocycles. The standard InChI is InChI=1S/C13H9BrF4N2O/c14-7-4-9(13(16,17)18)12(20-6-7)21-11-3-1-2-10(15)8(11)5-19/h1-4,6H,5,19H2. The van der Waals surface area contributed by atoms with Crippen LogP contribution in [0.15, 0.2) is 34.9 Å². The minimum atomic E-state index is -4.65. The lowest BCUT2D eigenvalue weighted by Crippen LogP contribution is -2.10. The number of nitrogens with zero attached hydrogens (tertiary/aromatic N) is 1. The van der Waals surface area contributed by atoms with Crippen molar-refractivity contribution in [2.24, 2.45) is 5.73 Å². The minimum absolute atomic E-state index is 0.0182. The fraction of sp³-hybridized carbons (Fsp3) is 0.154. The van der Waals surface area contributed by atoms with E-state index in [1.807, 2.05) is 0 Å². The van der Waals surface area contributed by atoms with Gasteiger partial charge in [0.15, 0.2) is 0 Å². The van der Waals surface area contributed by atoms with E-state index in [0.29, 0.717) is 0 Å². The first-order valence-electron chi connectivity index (χ1n) is 5.71. The highest BCUT2D eigenvalue weighted by molar-refractivity contribution is 9.10. The maximum atomic E-state index is 13.5. The van der Waals surface area contributed by atoms with E-state index in [9.17, 15) is 17.6 Å². The molecule has 0 saturated carbocycles. The van der Waals surface area contributed by atoms with E-state index in [2.05, 4.69) is 20.9 Å². The first-order chi connectivity index (χ1) is 9.82. The Kier molecular flexibility index (Phi) is 4.48. The molecule has 0 bridgehead atoms. The summed E-state index contributed by atoms with van der Waals surface area (Å²) in [6.07, 6.45) is -3.49. The summed E-state index contributed by atoms with van der Waals surface area (Å²) in [4.78, 5) is 3.59. The third kappa shape index (κ3) is 3.51. The molecule has 8 heteroatoms. The lowest BCUT2D eigenvalue weighted by molar-refractivity contribution is -0.138. The molecule has 0 atom stereocenters. The van der Waals surface area contributed by atoms with E-state index in [4.69, 9.17) is 10.5 Å². The number of alkyl halides is 3. The Bertz CT molecular complexity index is 661. The molecule has 0 aliphatic heterocycles. The molecule has 1 aromatic carbocycles. The number of halogens is 5. The van der Waals surface area contributed by atoms with Gasteiger partial charge in [-0.15, -0.1) is 0 Å². The number of rotatable bonds is 3. The Morgan fingerprint density at radius 2 is 2.00 bits per heavy atom. The highest BCUT2D eigenvalue weighted by Gasteiger charge is 2.36. The van der Waals surface area contributed by atoms with Gasteiger partial charge in [-0.3, -0.25) is 0 Å². The normalized spacial score (nSPS) is 11.5. The number of nitrogens with two attached hydrogens (primary N) is 1. The molecule has 1 heterocycles. The van der Waals surface area contributed by atoms with Crippen molar-refractivity contribution in [3.8, 4) is 11.6 Å². The highest BCUT2D eigenvalue weighted by atomic mass is 79.9. The van der Waals surface area contributed by atoms with Crippen LogP contribution in [0.4, 0.5) is 17.6 Å². The van der Waals surface area contributed by atoms with E-state index in [1.54, 1.807) is 0 Å². The molecule has 3 nitrogen and oxygen atoms in total. The van der Waals surface area contributed by atoms with Gasteiger partial charge in [0.25, 0.3) is 0 Å². The molecule has 0 fully saturated rings. The Labute approximate surface area is 125 Å². The van der Waals surface area contributed by atoms with Crippen molar-refractivity contribution in [2.45, 2.75) is 12.7 Å². The van der Waals surface area contributed by atoms with Gasteiger partial charge < -0.3 is 10.5 Å². The predicted octanol–water partition coefficient (Wildman–Crippen LogP) is 4.25. The van der Waals surface area contributed by atoms with Gasteiger partial charge in [0.2, 0.25) is 5.88 Å². The van der Waals surface area contributed by atoms with Crippen molar-refractivity contribution in [3.63, 3.8) is 0 Å². The van der Waals surface area contributed by atoms with Crippen LogP contribution >= 0.6 is 15.9 Å². The molecule has 0 radical (unpaired) electrons. The summed E-state index contributed by atoms with van der Waals surface area (Å²) in [5, 5.41) is 0. The van der Waals surface area contributed by atoms with Crippen molar-refractivity contribution in [3.05, 3.63) is 51.9 Å². The molecule has 112 valence electrons. The van der Waals surface area contributed by atoms with Gasteiger partial charge in [-0.2, -0.15) is 13.2 Å². The van der Waals surface area contributed by atoms with Crippen LogP contribution in [0.3, 0.4) is 0 Å². The fourth-order valence-electron chi connectivity index (χ4n) is 1.65. The summed E-state index contributed by atoms with van der Waals surface area (Å²) >= 11 is 2.92. The van der Waals surface area contributed by atoms with E-state index in [0.717, 1.165) is 18.3 Å². The Morgan fingerprint density at radius 3 is 2.62 bits per heavy atom. The molecule has 2 aromatic rings. The number of pyridine rings is 1. The minimum Gasteiger partial charge on any atom is -0.438 e. The second-order valence-corrected chi connectivity index (χ2v) is 4.94. The maximum Gasteiger partial charge on any atom is 0.421 e. The van der Waals surface area contributed by atoms with Crippen LogP contribution < -0.4 is 10.5 Å². The van der Waals surface area contributed by atoms with Gasteiger partial charge in [0.05, 0.1) is 0 Å². The Hall–Kier alpha value is -1.67. The van der Waals surface area contributed by atoms with E-state index >= 15 is 0 Å². The summed E-state index contributed by atoms with van der Waals surface area (Å²) in [6.45, 7) is -0.208. The van der Waals surface area contributed by atoms with Crippen molar-refractivity contribution in [1.29, 1.82) is 0 Å². The Balaban J connectivity index is 2.48. The van der Waals surface area contributed by atoms with Crippen molar-refractivity contribution in [1.82, 2.24) is 4.98 Å². The molecule has 0 aliphatic carbocycles. The summed E-state index contributed by atoms with van der Waals surface area (Å²) in [5.41, 5.74) is 4.30. The quantitative estimate of drug-likeness (QED) is 0.828. The van der Waals surface area contributed by atoms with Crippen molar-refractivity contribution in [2.75, 3.05) is 0 Å². The van der Waals surface area contributed by atoms with Gasteiger partial charge in [0, 0.05) is 22.8 Å². The van der Waals surface area contributed by atoms with Crippen LogP contribution in [0.1, 0.15) is 11.1 Å². The van der Waals surface area contributed by atoms with E-state index in [-0.39, 0.29) is 22.3 Å². The summed E-state index contributed by atoms with van der Waals surface area (Å²) < 4.78 is 57.7. The largest absolute Gasteiger partial charge is 0.438 e.